The first-order chi connectivity index (χ1) is 43.6. The van der Waals surface area contributed by atoms with Crippen LogP contribution in [0.2, 0.25) is 0 Å². The van der Waals surface area contributed by atoms with Gasteiger partial charge in [-0.25, -0.2) is 9.13 Å². The number of aliphatic hydroxyl groups excluding tert-OH is 1. The lowest BCUT2D eigenvalue weighted by Crippen LogP contribution is -2.30. The molecule has 0 radical (unpaired) electrons. The first kappa shape index (κ1) is 89.1. The highest BCUT2D eigenvalue weighted by Crippen LogP contribution is 2.45. The van der Waals surface area contributed by atoms with Crippen LogP contribution in [-0.4, -0.2) is 96.7 Å². The number of hydrogen-bond acceptors (Lipinski definition) is 15. The quantitative estimate of drug-likeness (QED) is 0.0222. The van der Waals surface area contributed by atoms with Gasteiger partial charge in [0.1, 0.15) is 19.3 Å². The molecule has 3 unspecified atom stereocenters. The largest absolute Gasteiger partial charge is 0.472 e. The van der Waals surface area contributed by atoms with Crippen LogP contribution in [0.5, 0.6) is 0 Å². The molecule has 3 N–H and O–H groups in total. The van der Waals surface area contributed by atoms with Crippen molar-refractivity contribution in [2.24, 2.45) is 23.7 Å². The number of rotatable bonds is 69. The van der Waals surface area contributed by atoms with Gasteiger partial charge >= 0.3 is 39.5 Å². The minimum atomic E-state index is -4.95. The molecule has 540 valence electrons. The molecule has 0 heterocycles. The molecule has 91 heavy (non-hydrogen) atoms. The van der Waals surface area contributed by atoms with E-state index in [1.54, 1.807) is 0 Å². The van der Waals surface area contributed by atoms with Crippen molar-refractivity contribution >= 4 is 39.5 Å². The van der Waals surface area contributed by atoms with E-state index in [2.05, 4.69) is 55.4 Å². The molecule has 0 spiro atoms. The van der Waals surface area contributed by atoms with Crippen LogP contribution >= 0.6 is 15.6 Å². The Labute approximate surface area is 556 Å². The van der Waals surface area contributed by atoms with Gasteiger partial charge in [-0.3, -0.25) is 37.3 Å². The molecule has 6 atom stereocenters. The van der Waals surface area contributed by atoms with E-state index >= 15 is 0 Å². The van der Waals surface area contributed by atoms with Crippen LogP contribution in [0.25, 0.3) is 0 Å². The van der Waals surface area contributed by atoms with Crippen molar-refractivity contribution in [3.8, 4) is 0 Å². The second-order valence-electron chi connectivity index (χ2n) is 27.6. The lowest BCUT2D eigenvalue weighted by molar-refractivity contribution is -0.161. The maximum absolute atomic E-state index is 13.0. The number of hydrogen-bond donors (Lipinski definition) is 3. The molecule has 0 saturated carbocycles. The fourth-order valence-electron chi connectivity index (χ4n) is 10.8. The Balaban J connectivity index is 5.23. The molecular weight excluding hydrogens is 1200 g/mol. The van der Waals surface area contributed by atoms with Crippen LogP contribution in [0.15, 0.2) is 0 Å². The molecule has 0 aromatic carbocycles. The molecule has 0 bridgehead atoms. The van der Waals surface area contributed by atoms with E-state index < -0.39 is 97.5 Å². The van der Waals surface area contributed by atoms with E-state index in [9.17, 15) is 43.2 Å². The summed E-state index contributed by atoms with van der Waals surface area (Å²) in [6.45, 7) is 14.1. The molecule has 17 nitrogen and oxygen atoms in total. The maximum atomic E-state index is 13.0. The second kappa shape index (κ2) is 61.6. The first-order valence-corrected chi connectivity index (χ1v) is 40.2. The van der Waals surface area contributed by atoms with Gasteiger partial charge < -0.3 is 33.8 Å². The van der Waals surface area contributed by atoms with Crippen LogP contribution in [0, 0.1) is 23.7 Å². The minimum absolute atomic E-state index is 0.104. The van der Waals surface area contributed by atoms with Gasteiger partial charge in [-0.15, -0.1) is 0 Å². The summed E-state index contributed by atoms with van der Waals surface area (Å²) < 4.78 is 68.3. The summed E-state index contributed by atoms with van der Waals surface area (Å²) in [5.41, 5.74) is 0. The predicted molar refractivity (Wildman–Crippen MR) is 367 cm³/mol. The van der Waals surface area contributed by atoms with Crippen LogP contribution in [0.4, 0.5) is 0 Å². The maximum Gasteiger partial charge on any atom is 0.472 e. The SMILES string of the molecule is CCC(C)CCCCCCCCCCCCCCCCC(=O)O[C@H](COC(=O)CCCCCCCCCCC(C)C)COP(=O)(O)OC[C@@H](O)COP(=O)(O)OC[C@@H](COC(=O)CCCCCCCCC(C)C)OC(=O)CCCCCCCCCCCCC(C)C. The number of unbranched alkanes of at least 4 members (excludes halogenated alkanes) is 34. The predicted octanol–water partition coefficient (Wildman–Crippen LogP) is 20.5. The lowest BCUT2D eigenvalue weighted by atomic mass is 9.99. The number of phosphoric ester groups is 2. The molecule has 0 saturated heterocycles. The summed E-state index contributed by atoms with van der Waals surface area (Å²) in [5, 5.41) is 10.6. The van der Waals surface area contributed by atoms with Crippen LogP contribution in [0.1, 0.15) is 357 Å². The monoisotopic (exact) mass is 1340 g/mol. The van der Waals surface area contributed by atoms with Gasteiger partial charge in [0.2, 0.25) is 0 Å². The number of aliphatic hydroxyl groups is 1. The summed E-state index contributed by atoms with van der Waals surface area (Å²) in [5.74, 6) is 0.875. The summed E-state index contributed by atoms with van der Waals surface area (Å²) in [6.07, 6.45) is 44.6. The third kappa shape index (κ3) is 65.1. The molecule has 0 aromatic heterocycles. The van der Waals surface area contributed by atoms with Crippen molar-refractivity contribution in [3.05, 3.63) is 0 Å². The van der Waals surface area contributed by atoms with Crippen molar-refractivity contribution in [3.63, 3.8) is 0 Å². The van der Waals surface area contributed by atoms with Gasteiger partial charge in [-0.1, -0.05) is 306 Å². The van der Waals surface area contributed by atoms with Crippen molar-refractivity contribution in [2.45, 2.75) is 375 Å². The third-order valence-electron chi connectivity index (χ3n) is 16.9. The third-order valence-corrected chi connectivity index (χ3v) is 18.8. The Morgan fingerprint density at radius 2 is 0.527 bits per heavy atom. The van der Waals surface area contributed by atoms with Gasteiger partial charge in [0, 0.05) is 25.7 Å². The van der Waals surface area contributed by atoms with Crippen molar-refractivity contribution in [2.75, 3.05) is 39.6 Å². The van der Waals surface area contributed by atoms with Gasteiger partial charge in [0.15, 0.2) is 12.2 Å². The summed E-state index contributed by atoms with van der Waals surface area (Å²) in [6, 6.07) is 0. The number of carbonyl (C=O) groups is 4. The Kier molecular flexibility index (Phi) is 60.3. The van der Waals surface area contributed by atoms with E-state index in [0.717, 1.165) is 114 Å². The van der Waals surface area contributed by atoms with E-state index in [0.29, 0.717) is 31.6 Å². The Bertz CT molecular complexity index is 1800. The van der Waals surface area contributed by atoms with E-state index in [-0.39, 0.29) is 25.7 Å². The van der Waals surface area contributed by atoms with Crippen LogP contribution in [-0.2, 0) is 65.4 Å². The summed E-state index contributed by atoms with van der Waals surface area (Å²) in [4.78, 5) is 72.6. The first-order valence-electron chi connectivity index (χ1n) is 37.2. The molecule has 0 aromatic rings. The normalized spacial score (nSPS) is 14.5. The minimum Gasteiger partial charge on any atom is -0.462 e. The van der Waals surface area contributed by atoms with Crippen molar-refractivity contribution < 1.29 is 80.2 Å². The van der Waals surface area contributed by atoms with Crippen molar-refractivity contribution in [1.82, 2.24) is 0 Å². The van der Waals surface area contributed by atoms with E-state index in [4.69, 9.17) is 37.0 Å². The molecule has 0 aliphatic carbocycles. The van der Waals surface area contributed by atoms with Crippen LogP contribution < -0.4 is 0 Å². The number of ether oxygens (including phenoxy) is 4. The van der Waals surface area contributed by atoms with Gasteiger partial charge in [-0.05, 0) is 49.4 Å². The Morgan fingerprint density at radius 1 is 0.308 bits per heavy atom. The van der Waals surface area contributed by atoms with Gasteiger partial charge in [-0.2, -0.15) is 0 Å². The zero-order valence-corrected chi connectivity index (χ0v) is 61.3. The zero-order chi connectivity index (χ0) is 67.5. The average molecular weight is 1340 g/mol. The molecule has 0 amide bonds. The van der Waals surface area contributed by atoms with Crippen molar-refractivity contribution in [1.29, 1.82) is 0 Å². The summed E-state index contributed by atoms with van der Waals surface area (Å²) in [7, 11) is -9.90. The highest BCUT2D eigenvalue weighted by Gasteiger charge is 2.30. The number of phosphoric acid groups is 2. The average Bonchev–Trinajstić information content (AvgIpc) is 3.67. The molecule has 19 heteroatoms. The number of esters is 4. The Hall–Kier alpha value is -1.94. The molecular formula is C72H140O17P2. The standard InChI is InChI=1S/C72H140O17P2/c1-9-65(8)51-43-35-26-19-14-12-10-11-13-15-20-28-38-46-54-71(76)88-67(58-82-69(74)52-44-36-27-23-22-25-33-41-49-63(4)5)60-86-90(78,79)84-56-66(73)57-85-91(80,81)87-61-68(59-83-70(75)53-45-37-31-30-34-42-50-64(6)7)89-72(77)55-47-39-29-21-17-16-18-24-32-40-48-62(2)3/h62-68,73H,9-61H2,1-8H3,(H,78,79)(H,80,81)/t65?,66-,67-,68-/m1/s1. The van der Waals surface area contributed by atoms with Crippen LogP contribution in [0.3, 0.4) is 0 Å². The summed E-state index contributed by atoms with van der Waals surface area (Å²) >= 11 is 0. The molecule has 0 rings (SSSR count). The fourth-order valence-corrected chi connectivity index (χ4v) is 12.4. The second-order valence-corrected chi connectivity index (χ2v) is 30.6. The lowest BCUT2D eigenvalue weighted by Gasteiger charge is -2.21. The number of carbonyl (C=O) groups excluding carboxylic acids is 4. The smallest absolute Gasteiger partial charge is 0.462 e. The highest BCUT2D eigenvalue weighted by atomic mass is 31.2. The molecule has 0 aliphatic heterocycles. The highest BCUT2D eigenvalue weighted by molar-refractivity contribution is 7.47. The van der Waals surface area contributed by atoms with E-state index in [1.807, 2.05) is 0 Å². The topological polar surface area (TPSA) is 237 Å². The van der Waals surface area contributed by atoms with E-state index in [1.165, 1.54) is 154 Å². The molecule has 0 fully saturated rings. The van der Waals surface area contributed by atoms with Gasteiger partial charge in [0.25, 0.3) is 0 Å². The molecule has 0 aliphatic rings. The van der Waals surface area contributed by atoms with Gasteiger partial charge in [0.05, 0.1) is 26.4 Å². The Morgan fingerprint density at radius 3 is 0.780 bits per heavy atom. The zero-order valence-electron chi connectivity index (χ0n) is 59.5. The fraction of sp³-hybridized carbons (Fsp3) is 0.944.